The predicted octanol–water partition coefficient (Wildman–Crippen LogP) is 13.5. The number of hydrogen-bond donors (Lipinski definition) is 2. The van der Waals surface area contributed by atoms with E-state index < -0.39 is 56.3 Å². The molecule has 1 fully saturated rings. The predicted molar refractivity (Wildman–Crippen MR) is 281 cm³/mol. The molecule has 0 radical (unpaired) electrons. The van der Waals surface area contributed by atoms with Crippen molar-refractivity contribution in [2.75, 3.05) is 12.3 Å². The zero-order chi connectivity index (χ0) is 51.4. The van der Waals surface area contributed by atoms with Crippen LogP contribution in [0.5, 0.6) is 5.75 Å². The van der Waals surface area contributed by atoms with Crippen LogP contribution in [0.1, 0.15) is 193 Å². The van der Waals surface area contributed by atoms with Crippen molar-refractivity contribution in [1.82, 2.24) is 24.6 Å². The van der Waals surface area contributed by atoms with Crippen molar-refractivity contribution in [3.63, 3.8) is 0 Å². The maximum Gasteiger partial charge on any atom is 0.459 e. The minimum atomic E-state index is -4.62. The summed E-state index contributed by atoms with van der Waals surface area (Å²) in [5.74, 6) is 1.56. The number of nitrogens with zero attached hydrogens (tertiary/aromatic N) is 4. The van der Waals surface area contributed by atoms with Crippen LogP contribution in [-0.4, -0.2) is 61.9 Å². The van der Waals surface area contributed by atoms with E-state index in [0.29, 0.717) is 6.42 Å². The monoisotopic (exact) mass is 1020 g/mol. The van der Waals surface area contributed by atoms with Crippen molar-refractivity contribution in [1.29, 1.82) is 0 Å². The van der Waals surface area contributed by atoms with E-state index in [0.717, 1.165) is 69.8 Å². The first-order chi connectivity index (χ1) is 35.0. The molecule has 0 spiro atoms. The van der Waals surface area contributed by atoms with Crippen LogP contribution >= 0.6 is 7.75 Å². The number of terminal acetylenes is 1. The van der Waals surface area contributed by atoms with Crippen molar-refractivity contribution in [2.45, 2.75) is 218 Å². The minimum Gasteiger partial charge on any atom is -0.461 e. The molecule has 72 heavy (non-hydrogen) atoms. The summed E-state index contributed by atoms with van der Waals surface area (Å²) in [6, 6.07) is 16.7. The van der Waals surface area contributed by atoms with Gasteiger partial charge in [-0.15, -0.1) is 6.42 Å². The Bertz CT molecular complexity index is 2260. The fourth-order valence-electron chi connectivity index (χ4n) is 9.20. The van der Waals surface area contributed by atoms with E-state index in [1.807, 2.05) is 37.3 Å². The molecule has 3 N–H and O–H groups in total. The van der Waals surface area contributed by atoms with Crippen molar-refractivity contribution in [2.24, 2.45) is 0 Å². The van der Waals surface area contributed by atoms with E-state index >= 15 is 4.57 Å². The maximum absolute atomic E-state index is 15.5. The lowest BCUT2D eigenvalue weighted by molar-refractivity contribution is -0.158. The molecule has 1 aliphatic rings. The minimum absolute atomic E-state index is 0.0303. The van der Waals surface area contributed by atoms with Gasteiger partial charge in [0.15, 0.2) is 22.6 Å². The first-order valence-corrected chi connectivity index (χ1v) is 28.6. The van der Waals surface area contributed by atoms with Crippen LogP contribution in [0.3, 0.4) is 0 Å². The molecule has 2 aromatic carbocycles. The molecular formula is C56H82FN6O8P. The largest absolute Gasteiger partial charge is 0.461 e. The molecule has 0 saturated carbocycles. The van der Waals surface area contributed by atoms with Gasteiger partial charge in [-0.25, -0.2) is 9.55 Å². The number of para-hydroxylation sites is 1. The Morgan fingerprint density at radius 1 is 0.833 bits per heavy atom. The molecule has 1 unspecified atom stereocenters. The van der Waals surface area contributed by atoms with Crippen LogP contribution in [0.25, 0.3) is 11.2 Å². The van der Waals surface area contributed by atoms with Crippen LogP contribution < -0.4 is 15.3 Å². The number of imidazole rings is 1. The summed E-state index contributed by atoms with van der Waals surface area (Å²) in [5, 5.41) is 2.99. The van der Waals surface area contributed by atoms with Gasteiger partial charge in [-0.3, -0.25) is 18.7 Å². The van der Waals surface area contributed by atoms with Gasteiger partial charge in [-0.05, 0) is 56.2 Å². The van der Waals surface area contributed by atoms with E-state index in [9.17, 15) is 14.0 Å². The highest BCUT2D eigenvalue weighted by Crippen LogP contribution is 2.49. The number of halogens is 1. The van der Waals surface area contributed by atoms with Crippen LogP contribution in [0.2, 0.25) is 0 Å². The normalized spacial score (nSPS) is 17.9. The fourth-order valence-corrected chi connectivity index (χ4v) is 10.7. The van der Waals surface area contributed by atoms with E-state index in [4.69, 9.17) is 35.4 Å². The Kier molecular flexibility index (Phi) is 25.5. The number of carbonyl (C=O) groups excluding carboxylic acids is 2. The van der Waals surface area contributed by atoms with Crippen LogP contribution in [-0.2, 0) is 39.3 Å². The van der Waals surface area contributed by atoms with Crippen LogP contribution in [0.4, 0.5) is 10.2 Å². The highest BCUT2D eigenvalue weighted by Gasteiger charge is 2.53. The lowest BCUT2D eigenvalue weighted by atomic mass is 9.98. The summed E-state index contributed by atoms with van der Waals surface area (Å²) in [6.07, 6.45) is 29.3. The number of rotatable bonds is 37. The topological polar surface area (TPSA) is 179 Å². The van der Waals surface area contributed by atoms with E-state index in [1.54, 1.807) is 30.3 Å². The Labute approximate surface area is 428 Å². The zero-order valence-electron chi connectivity index (χ0n) is 43.3. The lowest BCUT2D eigenvalue weighted by Crippen LogP contribution is -2.46. The maximum atomic E-state index is 15.5. The summed E-state index contributed by atoms with van der Waals surface area (Å²) in [4.78, 5) is 39.9. The summed E-state index contributed by atoms with van der Waals surface area (Å²) in [7, 11) is -4.62. The molecule has 3 heterocycles. The number of anilines is 1. The third kappa shape index (κ3) is 19.2. The first-order valence-electron chi connectivity index (χ1n) is 27.0. The number of unbranched alkanes of at least 4 members (excludes halogenated alkanes) is 18. The van der Waals surface area contributed by atoms with Gasteiger partial charge in [0.25, 0.3) is 0 Å². The molecular weight excluding hydrogens is 935 g/mol. The summed E-state index contributed by atoms with van der Waals surface area (Å²) in [5.41, 5.74) is 5.07. The van der Waals surface area contributed by atoms with E-state index in [-0.39, 0.29) is 48.1 Å². The van der Waals surface area contributed by atoms with Crippen LogP contribution in [0, 0.1) is 18.4 Å². The summed E-state index contributed by atoms with van der Waals surface area (Å²) in [6.45, 7) is 5.86. The third-order valence-electron chi connectivity index (χ3n) is 13.4. The Balaban J connectivity index is 1.39. The number of nitrogens with one attached hydrogen (secondary N) is 1. The Hall–Kier alpha value is -4.87. The molecule has 16 heteroatoms. The number of ether oxygens (including phenoxy) is 3. The standard InChI is InChI=1S/C56H82FN6O8P/c1-5-9-12-14-16-18-20-22-29-35-45(36-30-23-21-19-17-15-13-10-6-2)68-54(65)47(40-44-33-27-24-28-34-44)62-72(66,71-46-37-31-25-32-38-46)67-42-56(8-4)48(69-50(64)39-26-11-7-3)41-49(70-56)63-43-59-51-52(58)60-55(57)61-53(51)63/h4,24-25,27-28,31-34,37-38,43,45,47-49H,5-7,9-23,26,29-30,35-36,39-42H2,1-3H3,(H,62,66)(H2,58,60,61)/t47?,48-,49+,56+,72-/m0/s1. The second-order valence-corrected chi connectivity index (χ2v) is 21.0. The molecule has 4 aromatic rings. The van der Waals surface area contributed by atoms with Gasteiger partial charge < -0.3 is 24.5 Å². The SMILES string of the molecule is C#C[C@]1(CO[P@@](=O)(NC(Cc2ccccc2)C(=O)OC(CCCCCCCCCCC)CCCCCCCCCCC)Oc2ccccc2)O[C@@H](n2cnc3c(N)nc(F)nc32)C[C@@H]1OC(=O)CCCCC. The van der Waals surface area contributed by atoms with Gasteiger partial charge >= 0.3 is 25.8 Å². The van der Waals surface area contributed by atoms with Crippen molar-refractivity contribution >= 4 is 36.7 Å². The van der Waals surface area contributed by atoms with Gasteiger partial charge in [0.1, 0.15) is 36.8 Å². The smallest absolute Gasteiger partial charge is 0.459 e. The van der Waals surface area contributed by atoms with Crippen molar-refractivity contribution < 1.29 is 41.8 Å². The van der Waals surface area contributed by atoms with Gasteiger partial charge in [0.05, 0.1) is 6.33 Å². The number of fused-ring (bicyclic) bond motifs is 1. The van der Waals surface area contributed by atoms with Gasteiger partial charge in [0.2, 0.25) is 0 Å². The van der Waals surface area contributed by atoms with E-state index in [1.165, 1.54) is 87.9 Å². The molecule has 0 amide bonds. The highest BCUT2D eigenvalue weighted by molar-refractivity contribution is 7.52. The quantitative estimate of drug-likeness (QED) is 0.0143. The second kappa shape index (κ2) is 31.7. The van der Waals surface area contributed by atoms with Gasteiger partial charge in [-0.2, -0.15) is 19.4 Å². The lowest BCUT2D eigenvalue weighted by Gasteiger charge is -2.31. The second-order valence-electron chi connectivity index (χ2n) is 19.3. The molecule has 5 rings (SSSR count). The Morgan fingerprint density at radius 3 is 1.97 bits per heavy atom. The molecule has 5 atom stereocenters. The molecule has 1 saturated heterocycles. The number of aromatic nitrogens is 4. The highest BCUT2D eigenvalue weighted by atomic mass is 31.2. The van der Waals surface area contributed by atoms with Gasteiger partial charge in [-0.1, -0.05) is 191 Å². The number of nitrogen functional groups attached to an aromatic ring is 1. The number of nitrogens with two attached hydrogens (primary N) is 1. The molecule has 0 aliphatic carbocycles. The number of carbonyl (C=O) groups is 2. The summed E-state index contributed by atoms with van der Waals surface area (Å²) >= 11 is 0. The third-order valence-corrected chi connectivity index (χ3v) is 14.9. The van der Waals surface area contributed by atoms with E-state index in [2.05, 4.69) is 39.8 Å². The molecule has 14 nitrogen and oxygen atoms in total. The molecule has 1 aliphatic heterocycles. The molecule has 2 aromatic heterocycles. The van der Waals surface area contributed by atoms with Crippen LogP contribution in [0.15, 0.2) is 67.0 Å². The number of esters is 2. The van der Waals surface area contributed by atoms with Crippen molar-refractivity contribution in [3.05, 3.63) is 78.6 Å². The van der Waals surface area contributed by atoms with Gasteiger partial charge in [0, 0.05) is 12.8 Å². The molecule has 396 valence electrons. The first kappa shape index (κ1) is 58.0. The van der Waals surface area contributed by atoms with Crippen molar-refractivity contribution in [3.8, 4) is 18.1 Å². The average molecular weight is 1020 g/mol. The Morgan fingerprint density at radius 2 is 1.39 bits per heavy atom. The summed E-state index contributed by atoms with van der Waals surface area (Å²) < 4.78 is 63.0. The molecule has 0 bridgehead atoms. The number of hydrogen-bond acceptors (Lipinski definition) is 12. The number of benzene rings is 2. The average Bonchev–Trinajstić information content (AvgIpc) is 3.96. The zero-order valence-corrected chi connectivity index (χ0v) is 44.2. The fraction of sp³-hybridized carbons (Fsp3) is 0.625.